The Labute approximate surface area is 169 Å². The lowest BCUT2D eigenvalue weighted by molar-refractivity contribution is 0.476. The Bertz CT molecular complexity index is 1230. The Morgan fingerprint density at radius 3 is 1.72 bits per heavy atom. The van der Waals surface area contributed by atoms with Gasteiger partial charge in [0.25, 0.3) is 0 Å². The molecule has 0 fully saturated rings. The van der Waals surface area contributed by atoms with Gasteiger partial charge in [-0.25, -0.2) is 4.98 Å². The molecule has 0 unspecified atom stereocenters. The Hall–Kier alpha value is -3.91. The first-order valence-electron chi connectivity index (χ1n) is 9.63. The summed E-state index contributed by atoms with van der Waals surface area (Å²) in [7, 11) is 0. The molecule has 0 atom stereocenters. The second-order valence-electron chi connectivity index (χ2n) is 7.04. The van der Waals surface area contributed by atoms with Crippen LogP contribution in [0.25, 0.3) is 44.4 Å². The van der Waals surface area contributed by atoms with E-state index >= 15 is 0 Å². The van der Waals surface area contributed by atoms with Gasteiger partial charge in [-0.2, -0.15) is 0 Å². The number of fused-ring (bicyclic) bond motifs is 1. The molecule has 0 saturated heterocycles. The summed E-state index contributed by atoms with van der Waals surface area (Å²) < 4.78 is 0. The molecule has 0 spiro atoms. The maximum Gasteiger partial charge on any atom is 0.116 e. The molecule has 0 bridgehead atoms. The van der Waals surface area contributed by atoms with Crippen molar-refractivity contribution in [1.82, 2.24) is 4.98 Å². The molecule has 5 rings (SSSR count). The molecule has 4 aromatic carbocycles. The maximum absolute atomic E-state index is 10.5. The first-order valence-corrected chi connectivity index (χ1v) is 9.63. The maximum atomic E-state index is 10.5. The molecule has 0 radical (unpaired) electrons. The predicted octanol–water partition coefficient (Wildman–Crippen LogP) is 6.94. The number of phenolic OH excluding ortho intramolecular Hbond substituents is 1. The van der Waals surface area contributed by atoms with Crippen LogP contribution in [0.4, 0.5) is 0 Å². The summed E-state index contributed by atoms with van der Waals surface area (Å²) >= 11 is 0. The number of aromatic nitrogens is 1. The van der Waals surface area contributed by atoms with Gasteiger partial charge in [0.1, 0.15) is 5.75 Å². The van der Waals surface area contributed by atoms with E-state index in [-0.39, 0.29) is 5.75 Å². The zero-order valence-electron chi connectivity index (χ0n) is 15.8. The van der Waals surface area contributed by atoms with Crippen molar-refractivity contribution in [3.8, 4) is 39.3 Å². The number of hydrogen-bond acceptors (Lipinski definition) is 2. The molecule has 138 valence electrons. The average Bonchev–Trinajstić information content (AvgIpc) is 2.79. The zero-order chi connectivity index (χ0) is 19.6. The number of benzene rings is 4. The van der Waals surface area contributed by atoms with Crippen LogP contribution in [0.3, 0.4) is 0 Å². The van der Waals surface area contributed by atoms with Gasteiger partial charge >= 0.3 is 0 Å². The third-order valence-electron chi connectivity index (χ3n) is 5.15. The van der Waals surface area contributed by atoms with Gasteiger partial charge in [0.15, 0.2) is 0 Å². The minimum absolute atomic E-state index is 0.243. The van der Waals surface area contributed by atoms with Crippen molar-refractivity contribution in [1.29, 1.82) is 0 Å². The summed E-state index contributed by atoms with van der Waals surface area (Å²) in [6, 6.07) is 36.3. The van der Waals surface area contributed by atoms with Crippen molar-refractivity contribution in [2.75, 3.05) is 0 Å². The number of pyridine rings is 1. The average molecular weight is 373 g/mol. The molecule has 1 aromatic heterocycles. The molecule has 5 aromatic rings. The number of aromatic hydroxyl groups is 1. The molecule has 2 heteroatoms. The van der Waals surface area contributed by atoms with Crippen LogP contribution in [0, 0.1) is 0 Å². The van der Waals surface area contributed by atoms with Gasteiger partial charge in [-0.3, -0.25) is 0 Å². The smallest absolute Gasteiger partial charge is 0.116 e. The lowest BCUT2D eigenvalue weighted by Gasteiger charge is -2.17. The van der Waals surface area contributed by atoms with Gasteiger partial charge in [0, 0.05) is 10.9 Å². The minimum atomic E-state index is 0.243. The van der Waals surface area contributed by atoms with Crippen LogP contribution in [0.2, 0.25) is 0 Å². The molecule has 2 nitrogen and oxygen atoms in total. The van der Waals surface area contributed by atoms with E-state index in [1.807, 2.05) is 66.7 Å². The molecular weight excluding hydrogens is 354 g/mol. The van der Waals surface area contributed by atoms with E-state index in [1.54, 1.807) is 0 Å². The standard InChI is InChI=1S/C27H19NO/c29-22-17-23(19-9-3-1-4-10-19)27(24(18-22)20-11-5-2-6-12-20)26-16-15-21-13-7-8-14-25(21)28-26/h1-18,29H. The lowest BCUT2D eigenvalue weighted by atomic mass is 9.89. The van der Waals surface area contributed by atoms with Gasteiger partial charge in [-0.05, 0) is 46.5 Å². The van der Waals surface area contributed by atoms with Crippen molar-refractivity contribution in [2.45, 2.75) is 0 Å². The number of nitrogens with zero attached hydrogens (tertiary/aromatic N) is 1. The molecule has 0 saturated carbocycles. The van der Waals surface area contributed by atoms with Gasteiger partial charge < -0.3 is 5.11 Å². The molecule has 29 heavy (non-hydrogen) atoms. The highest BCUT2D eigenvalue weighted by atomic mass is 16.3. The van der Waals surface area contributed by atoms with Crippen LogP contribution >= 0.6 is 0 Å². The van der Waals surface area contributed by atoms with Crippen molar-refractivity contribution in [2.24, 2.45) is 0 Å². The minimum Gasteiger partial charge on any atom is -0.508 e. The monoisotopic (exact) mass is 373 g/mol. The third-order valence-corrected chi connectivity index (χ3v) is 5.15. The van der Waals surface area contributed by atoms with Crippen molar-refractivity contribution in [3.63, 3.8) is 0 Å². The lowest BCUT2D eigenvalue weighted by Crippen LogP contribution is -1.93. The molecule has 0 aliphatic carbocycles. The normalized spacial score (nSPS) is 10.9. The van der Waals surface area contributed by atoms with Crippen LogP contribution < -0.4 is 0 Å². The van der Waals surface area contributed by atoms with E-state index in [0.29, 0.717) is 0 Å². The quantitative estimate of drug-likeness (QED) is 0.371. The van der Waals surface area contributed by atoms with E-state index in [9.17, 15) is 5.11 Å². The highest BCUT2D eigenvalue weighted by molar-refractivity contribution is 5.96. The highest BCUT2D eigenvalue weighted by Crippen LogP contribution is 2.42. The SMILES string of the molecule is Oc1cc(-c2ccccc2)c(-c2ccc3ccccc3n2)c(-c2ccccc2)c1. The number of rotatable bonds is 3. The Balaban J connectivity index is 1.85. The summed E-state index contributed by atoms with van der Waals surface area (Å²) in [5, 5.41) is 11.6. The number of hydrogen-bond donors (Lipinski definition) is 1. The molecule has 1 N–H and O–H groups in total. The van der Waals surface area contributed by atoms with E-state index in [4.69, 9.17) is 4.98 Å². The largest absolute Gasteiger partial charge is 0.508 e. The fourth-order valence-corrected chi connectivity index (χ4v) is 3.80. The molecule has 0 aliphatic heterocycles. The Kier molecular flexibility index (Phi) is 4.30. The second kappa shape index (κ2) is 7.25. The van der Waals surface area contributed by atoms with E-state index in [0.717, 1.165) is 44.4 Å². The summed E-state index contributed by atoms with van der Waals surface area (Å²) in [5.41, 5.74) is 6.89. The van der Waals surface area contributed by atoms with E-state index in [1.165, 1.54) is 0 Å². The predicted molar refractivity (Wildman–Crippen MR) is 120 cm³/mol. The molecule has 0 amide bonds. The first kappa shape index (κ1) is 17.2. The summed E-state index contributed by atoms with van der Waals surface area (Å²) in [5.74, 6) is 0.243. The fraction of sp³-hybridized carbons (Fsp3) is 0. The van der Waals surface area contributed by atoms with Crippen molar-refractivity contribution >= 4 is 10.9 Å². The van der Waals surface area contributed by atoms with Crippen LogP contribution in [0.15, 0.2) is 109 Å². The molecule has 0 aliphatic rings. The molecule has 1 heterocycles. The van der Waals surface area contributed by atoms with Crippen LogP contribution in [-0.2, 0) is 0 Å². The van der Waals surface area contributed by atoms with Gasteiger partial charge in [0.2, 0.25) is 0 Å². The highest BCUT2D eigenvalue weighted by Gasteiger charge is 2.17. The fourth-order valence-electron chi connectivity index (χ4n) is 3.80. The topological polar surface area (TPSA) is 33.1 Å². The van der Waals surface area contributed by atoms with E-state index in [2.05, 4.69) is 42.5 Å². The third kappa shape index (κ3) is 3.26. The van der Waals surface area contributed by atoms with Crippen LogP contribution in [0.1, 0.15) is 0 Å². The van der Waals surface area contributed by atoms with Crippen LogP contribution in [-0.4, -0.2) is 10.1 Å². The van der Waals surface area contributed by atoms with Crippen LogP contribution in [0.5, 0.6) is 5.75 Å². The van der Waals surface area contributed by atoms with Gasteiger partial charge in [-0.1, -0.05) is 84.9 Å². The van der Waals surface area contributed by atoms with Crippen molar-refractivity contribution < 1.29 is 5.11 Å². The first-order chi connectivity index (χ1) is 14.3. The van der Waals surface area contributed by atoms with E-state index < -0.39 is 0 Å². The Morgan fingerprint density at radius 2 is 1.10 bits per heavy atom. The van der Waals surface area contributed by atoms with Gasteiger partial charge in [0.05, 0.1) is 11.2 Å². The summed E-state index contributed by atoms with van der Waals surface area (Å²) in [6.45, 7) is 0. The zero-order valence-corrected chi connectivity index (χ0v) is 15.8. The second-order valence-corrected chi connectivity index (χ2v) is 7.04. The summed E-state index contributed by atoms with van der Waals surface area (Å²) in [4.78, 5) is 4.97. The van der Waals surface area contributed by atoms with Gasteiger partial charge in [-0.15, -0.1) is 0 Å². The number of para-hydroxylation sites is 1. The van der Waals surface area contributed by atoms with Crippen molar-refractivity contribution in [3.05, 3.63) is 109 Å². The molecular formula is C27H19NO. The Morgan fingerprint density at radius 1 is 0.552 bits per heavy atom. The number of phenols is 1. The summed E-state index contributed by atoms with van der Waals surface area (Å²) in [6.07, 6.45) is 0.